The molecule has 150 valence electrons. The highest BCUT2D eigenvalue weighted by atomic mass is 16.5. The Hall–Kier alpha value is -2.96. The van der Waals surface area contributed by atoms with Crippen molar-refractivity contribution in [2.75, 3.05) is 20.2 Å². The van der Waals surface area contributed by atoms with E-state index in [9.17, 15) is 14.7 Å². The molecule has 0 bridgehead atoms. The van der Waals surface area contributed by atoms with Crippen LogP contribution in [0.5, 0.6) is 5.75 Å². The molecule has 0 aliphatic carbocycles. The summed E-state index contributed by atoms with van der Waals surface area (Å²) >= 11 is 0. The van der Waals surface area contributed by atoms with Crippen LogP contribution >= 0.6 is 0 Å². The molecule has 0 saturated heterocycles. The molecule has 1 atom stereocenters. The molecule has 0 spiro atoms. The van der Waals surface area contributed by atoms with Crippen LogP contribution in [-0.4, -0.2) is 52.3 Å². The summed E-state index contributed by atoms with van der Waals surface area (Å²) in [5, 5.41) is 12.4. The molecule has 2 N–H and O–H groups in total. The van der Waals surface area contributed by atoms with E-state index in [1.54, 1.807) is 7.11 Å². The van der Waals surface area contributed by atoms with Crippen molar-refractivity contribution in [3.63, 3.8) is 0 Å². The first-order valence-electron chi connectivity index (χ1n) is 9.36. The molecule has 2 amide bonds. The standard InChI is InChI=1S/C21H27N3O4/c1-21(2,3)24(20(26)27)9-8-16-12-22-19(25)18-11-15(13-23(16)18)14-6-5-7-17(10-14)28-4/h5-7,10-11,13,16H,8-9,12H2,1-4H3,(H,22,25)(H,26,27). The van der Waals surface area contributed by atoms with Crippen LogP contribution in [0, 0.1) is 0 Å². The summed E-state index contributed by atoms with van der Waals surface area (Å²) in [6, 6.07) is 9.56. The number of carboxylic acid groups (broad SMARTS) is 1. The lowest BCUT2D eigenvalue weighted by Gasteiger charge is -2.35. The molecule has 2 heterocycles. The first-order chi connectivity index (χ1) is 13.2. The van der Waals surface area contributed by atoms with Gasteiger partial charge in [-0.15, -0.1) is 0 Å². The zero-order chi connectivity index (χ0) is 20.5. The van der Waals surface area contributed by atoms with Crippen LogP contribution in [0.1, 0.15) is 43.7 Å². The molecule has 0 radical (unpaired) electrons. The maximum Gasteiger partial charge on any atom is 0.407 e. The van der Waals surface area contributed by atoms with E-state index in [4.69, 9.17) is 4.74 Å². The number of methoxy groups -OCH3 is 1. The van der Waals surface area contributed by atoms with Crippen molar-refractivity contribution >= 4 is 12.0 Å². The highest BCUT2D eigenvalue weighted by Gasteiger charge is 2.30. The molecule has 0 saturated carbocycles. The van der Waals surface area contributed by atoms with Gasteiger partial charge in [-0.05, 0) is 51.0 Å². The first-order valence-corrected chi connectivity index (χ1v) is 9.36. The van der Waals surface area contributed by atoms with Crippen LogP contribution in [0.15, 0.2) is 36.5 Å². The van der Waals surface area contributed by atoms with Crippen molar-refractivity contribution in [3.8, 4) is 16.9 Å². The number of aromatic nitrogens is 1. The van der Waals surface area contributed by atoms with Crippen molar-refractivity contribution in [1.29, 1.82) is 0 Å². The quantitative estimate of drug-likeness (QED) is 0.823. The van der Waals surface area contributed by atoms with Gasteiger partial charge >= 0.3 is 6.09 Å². The van der Waals surface area contributed by atoms with Crippen LogP contribution in [0.4, 0.5) is 4.79 Å². The van der Waals surface area contributed by atoms with Gasteiger partial charge in [0.15, 0.2) is 0 Å². The average molecular weight is 385 g/mol. The van der Waals surface area contributed by atoms with E-state index in [0.717, 1.165) is 16.9 Å². The van der Waals surface area contributed by atoms with E-state index >= 15 is 0 Å². The third-order valence-corrected chi connectivity index (χ3v) is 5.10. The monoisotopic (exact) mass is 385 g/mol. The molecule has 1 aliphatic rings. The number of carbonyl (C=O) groups is 2. The average Bonchev–Trinajstić information content (AvgIpc) is 3.09. The Bertz CT molecular complexity index is 882. The molecule has 7 nitrogen and oxygen atoms in total. The Balaban J connectivity index is 1.86. The maximum absolute atomic E-state index is 12.3. The lowest BCUT2D eigenvalue weighted by atomic mass is 10.0. The van der Waals surface area contributed by atoms with Gasteiger partial charge in [0.2, 0.25) is 0 Å². The highest BCUT2D eigenvalue weighted by molar-refractivity contribution is 5.95. The van der Waals surface area contributed by atoms with Crippen LogP contribution in [0.25, 0.3) is 11.1 Å². The Morgan fingerprint density at radius 2 is 2.07 bits per heavy atom. The number of rotatable bonds is 5. The molecule has 1 unspecified atom stereocenters. The van der Waals surface area contributed by atoms with E-state index in [2.05, 4.69) is 5.32 Å². The maximum atomic E-state index is 12.3. The molecule has 1 aliphatic heterocycles. The summed E-state index contributed by atoms with van der Waals surface area (Å²) in [7, 11) is 1.62. The fourth-order valence-corrected chi connectivity index (χ4v) is 3.56. The molecular weight excluding hydrogens is 358 g/mol. The summed E-state index contributed by atoms with van der Waals surface area (Å²) in [6.45, 7) is 6.52. The van der Waals surface area contributed by atoms with Gasteiger partial charge in [-0.3, -0.25) is 4.79 Å². The predicted molar refractivity (Wildman–Crippen MR) is 107 cm³/mol. The summed E-state index contributed by atoms with van der Waals surface area (Å²) < 4.78 is 7.26. The Morgan fingerprint density at radius 3 is 2.71 bits per heavy atom. The number of hydrogen-bond acceptors (Lipinski definition) is 3. The minimum Gasteiger partial charge on any atom is -0.497 e. The molecule has 28 heavy (non-hydrogen) atoms. The second-order valence-electron chi connectivity index (χ2n) is 8.01. The summed E-state index contributed by atoms with van der Waals surface area (Å²) in [6.07, 6.45) is 1.65. The summed E-state index contributed by atoms with van der Waals surface area (Å²) in [5.41, 5.74) is 2.01. The van der Waals surface area contributed by atoms with Gasteiger partial charge in [0.1, 0.15) is 11.4 Å². The largest absolute Gasteiger partial charge is 0.497 e. The van der Waals surface area contributed by atoms with Gasteiger partial charge in [0, 0.05) is 30.4 Å². The van der Waals surface area contributed by atoms with E-state index in [1.165, 1.54) is 4.90 Å². The summed E-state index contributed by atoms with van der Waals surface area (Å²) in [4.78, 5) is 25.4. The Labute approximate surface area is 164 Å². The highest BCUT2D eigenvalue weighted by Crippen LogP contribution is 2.30. The van der Waals surface area contributed by atoms with Gasteiger partial charge in [0.25, 0.3) is 5.91 Å². The number of hydrogen-bond donors (Lipinski definition) is 2. The van der Waals surface area contributed by atoms with Crippen molar-refractivity contribution < 1.29 is 19.4 Å². The van der Waals surface area contributed by atoms with Crippen molar-refractivity contribution in [2.24, 2.45) is 0 Å². The van der Waals surface area contributed by atoms with Crippen molar-refractivity contribution in [1.82, 2.24) is 14.8 Å². The second kappa shape index (κ2) is 7.58. The number of amides is 2. The smallest absolute Gasteiger partial charge is 0.407 e. The molecule has 1 aromatic heterocycles. The first kappa shape index (κ1) is 19.8. The van der Waals surface area contributed by atoms with E-state index < -0.39 is 11.6 Å². The van der Waals surface area contributed by atoms with Gasteiger partial charge in [0.05, 0.1) is 13.2 Å². The lowest BCUT2D eigenvalue weighted by Crippen LogP contribution is -2.47. The third kappa shape index (κ3) is 3.98. The topological polar surface area (TPSA) is 83.8 Å². The predicted octanol–water partition coefficient (Wildman–Crippen LogP) is 3.62. The van der Waals surface area contributed by atoms with Gasteiger partial charge in [-0.1, -0.05) is 12.1 Å². The van der Waals surface area contributed by atoms with E-state index in [0.29, 0.717) is 25.2 Å². The van der Waals surface area contributed by atoms with Crippen LogP contribution in [-0.2, 0) is 0 Å². The van der Waals surface area contributed by atoms with Crippen LogP contribution < -0.4 is 10.1 Å². The number of benzene rings is 1. The van der Waals surface area contributed by atoms with Crippen LogP contribution in [0.3, 0.4) is 0 Å². The molecule has 7 heteroatoms. The van der Waals surface area contributed by atoms with Gasteiger partial charge < -0.3 is 24.6 Å². The molecule has 0 fully saturated rings. The van der Waals surface area contributed by atoms with Crippen molar-refractivity contribution in [2.45, 2.75) is 38.8 Å². The molecule has 1 aromatic carbocycles. The summed E-state index contributed by atoms with van der Waals surface area (Å²) in [5.74, 6) is 0.640. The van der Waals surface area contributed by atoms with Crippen molar-refractivity contribution in [3.05, 3.63) is 42.2 Å². The molecular formula is C21H27N3O4. The zero-order valence-electron chi connectivity index (χ0n) is 16.7. The Morgan fingerprint density at radius 1 is 1.32 bits per heavy atom. The third-order valence-electron chi connectivity index (χ3n) is 5.10. The Kier molecular flexibility index (Phi) is 5.36. The number of nitrogens with one attached hydrogen (secondary N) is 1. The lowest BCUT2D eigenvalue weighted by molar-refractivity contribution is 0.0867. The second-order valence-corrected chi connectivity index (χ2v) is 8.01. The van der Waals surface area contributed by atoms with Gasteiger partial charge in [-0.25, -0.2) is 4.79 Å². The number of fused-ring (bicyclic) bond motifs is 1. The minimum absolute atomic E-state index is 0.00347. The fourth-order valence-electron chi connectivity index (χ4n) is 3.56. The van der Waals surface area contributed by atoms with E-state index in [-0.39, 0.29) is 11.9 Å². The molecule has 3 rings (SSSR count). The SMILES string of the molecule is COc1cccc(-c2cc3n(c2)C(CCN(C(=O)O)C(C)(C)C)CNC3=O)c1. The number of carbonyl (C=O) groups excluding carboxylic acids is 1. The fraction of sp³-hybridized carbons (Fsp3) is 0.429. The normalized spacial score (nSPS) is 16.3. The molecule has 2 aromatic rings. The van der Waals surface area contributed by atoms with Crippen LogP contribution in [0.2, 0.25) is 0 Å². The number of nitrogens with zero attached hydrogens (tertiary/aromatic N) is 2. The van der Waals surface area contributed by atoms with E-state index in [1.807, 2.05) is 61.9 Å². The minimum atomic E-state index is -0.933. The number of ether oxygens (including phenoxy) is 1. The van der Waals surface area contributed by atoms with Gasteiger partial charge in [-0.2, -0.15) is 0 Å². The zero-order valence-corrected chi connectivity index (χ0v) is 16.7.